The van der Waals surface area contributed by atoms with Gasteiger partial charge in [-0.05, 0) is 37.2 Å². The van der Waals surface area contributed by atoms with Gasteiger partial charge in [0.15, 0.2) is 5.96 Å². The first kappa shape index (κ1) is 15.8. The van der Waals surface area contributed by atoms with Crippen molar-refractivity contribution in [3.8, 4) is 0 Å². The fourth-order valence-corrected chi connectivity index (χ4v) is 3.56. The van der Waals surface area contributed by atoms with Gasteiger partial charge in [0.05, 0.1) is 11.5 Å². The second-order valence-electron chi connectivity index (χ2n) is 6.62. The van der Waals surface area contributed by atoms with Crippen molar-refractivity contribution in [2.24, 2.45) is 10.4 Å². The lowest BCUT2D eigenvalue weighted by Gasteiger charge is -2.38. The highest BCUT2D eigenvalue weighted by Crippen LogP contribution is 2.47. The molecule has 0 bridgehead atoms. The Morgan fingerprint density at radius 2 is 2.26 bits per heavy atom. The second-order valence-corrected chi connectivity index (χ2v) is 6.62. The molecule has 0 amide bonds. The van der Waals surface area contributed by atoms with Gasteiger partial charge in [-0.2, -0.15) is 0 Å². The molecule has 2 aliphatic rings. The number of aliphatic imine (C=N–C) groups is 1. The van der Waals surface area contributed by atoms with E-state index in [0.717, 1.165) is 31.2 Å². The molecule has 1 aromatic rings. The highest BCUT2D eigenvalue weighted by molar-refractivity contribution is 5.80. The Balaban J connectivity index is 1.69. The molecule has 0 atom stereocenters. The number of guanidine groups is 1. The SMILES string of the molecule is CCNC(=NCc1cccc([N+](=O)[O-])c1)N1CCC2(CCC2)C1. The third-order valence-electron chi connectivity index (χ3n) is 5.02. The summed E-state index contributed by atoms with van der Waals surface area (Å²) in [5.74, 6) is 0.933. The topological polar surface area (TPSA) is 70.8 Å². The minimum Gasteiger partial charge on any atom is -0.357 e. The molecule has 3 rings (SSSR count). The molecule has 1 aliphatic carbocycles. The minimum absolute atomic E-state index is 0.122. The molecule has 0 radical (unpaired) electrons. The molecule has 6 heteroatoms. The van der Waals surface area contributed by atoms with Gasteiger partial charge in [-0.1, -0.05) is 18.6 Å². The van der Waals surface area contributed by atoms with Crippen molar-refractivity contribution in [2.45, 2.75) is 39.2 Å². The summed E-state index contributed by atoms with van der Waals surface area (Å²) in [6.07, 6.45) is 5.30. The van der Waals surface area contributed by atoms with Gasteiger partial charge < -0.3 is 10.2 Å². The van der Waals surface area contributed by atoms with Crippen LogP contribution in [0.1, 0.15) is 38.2 Å². The molecule has 1 saturated carbocycles. The van der Waals surface area contributed by atoms with E-state index in [-0.39, 0.29) is 10.6 Å². The number of nitro benzene ring substituents is 1. The first-order valence-corrected chi connectivity index (χ1v) is 8.38. The molecule has 0 unspecified atom stereocenters. The molecule has 2 fully saturated rings. The van der Waals surface area contributed by atoms with E-state index in [1.54, 1.807) is 12.1 Å². The maximum atomic E-state index is 10.9. The molecule has 124 valence electrons. The van der Waals surface area contributed by atoms with Crippen molar-refractivity contribution in [1.82, 2.24) is 10.2 Å². The van der Waals surface area contributed by atoms with Crippen molar-refractivity contribution in [3.05, 3.63) is 39.9 Å². The van der Waals surface area contributed by atoms with Gasteiger partial charge in [0, 0.05) is 31.8 Å². The number of nitro groups is 1. The van der Waals surface area contributed by atoms with Crippen molar-refractivity contribution < 1.29 is 4.92 Å². The zero-order valence-electron chi connectivity index (χ0n) is 13.6. The number of hydrogen-bond acceptors (Lipinski definition) is 3. The van der Waals surface area contributed by atoms with Crippen molar-refractivity contribution in [1.29, 1.82) is 0 Å². The number of hydrogen-bond donors (Lipinski definition) is 1. The van der Waals surface area contributed by atoms with Crippen molar-refractivity contribution in [2.75, 3.05) is 19.6 Å². The van der Waals surface area contributed by atoms with Crippen LogP contribution in [0.5, 0.6) is 0 Å². The van der Waals surface area contributed by atoms with Gasteiger partial charge >= 0.3 is 0 Å². The molecule has 0 aromatic heterocycles. The molecule has 23 heavy (non-hydrogen) atoms. The predicted octanol–water partition coefficient (Wildman–Crippen LogP) is 2.94. The number of likely N-dealkylation sites (tertiary alicyclic amines) is 1. The maximum Gasteiger partial charge on any atom is 0.269 e. The van der Waals surface area contributed by atoms with E-state index in [4.69, 9.17) is 4.99 Å². The molecule has 1 aromatic carbocycles. The van der Waals surface area contributed by atoms with Crippen molar-refractivity contribution in [3.63, 3.8) is 0 Å². The fraction of sp³-hybridized carbons (Fsp3) is 0.588. The fourth-order valence-electron chi connectivity index (χ4n) is 3.56. The molecule has 1 heterocycles. The van der Waals surface area contributed by atoms with Crippen LogP contribution in [0.2, 0.25) is 0 Å². The Kier molecular flexibility index (Phi) is 4.50. The Bertz CT molecular complexity index is 610. The number of benzene rings is 1. The molecular weight excluding hydrogens is 292 g/mol. The Morgan fingerprint density at radius 1 is 1.43 bits per heavy atom. The monoisotopic (exact) mass is 316 g/mol. The highest BCUT2D eigenvalue weighted by Gasteiger charge is 2.43. The zero-order chi connectivity index (χ0) is 16.3. The number of nitrogens with one attached hydrogen (secondary N) is 1. The minimum atomic E-state index is -0.362. The van der Waals surface area contributed by atoms with Crippen LogP contribution < -0.4 is 5.32 Å². The van der Waals surface area contributed by atoms with Crippen LogP contribution in [0.15, 0.2) is 29.3 Å². The van der Waals surface area contributed by atoms with Gasteiger partial charge in [0.25, 0.3) is 5.69 Å². The van der Waals surface area contributed by atoms with E-state index >= 15 is 0 Å². The maximum absolute atomic E-state index is 10.9. The Hall–Kier alpha value is -2.11. The summed E-state index contributed by atoms with van der Waals surface area (Å²) in [5, 5.41) is 14.2. The summed E-state index contributed by atoms with van der Waals surface area (Å²) in [6, 6.07) is 6.72. The molecule has 6 nitrogen and oxygen atoms in total. The standard InChI is InChI=1S/C17H24N4O2/c1-2-18-16(20-10-9-17(13-20)7-4-8-17)19-12-14-5-3-6-15(11-14)21(22)23/h3,5-6,11H,2,4,7-10,12-13H2,1H3,(H,18,19). The summed E-state index contributed by atoms with van der Waals surface area (Å²) < 4.78 is 0. The van der Waals surface area contributed by atoms with Gasteiger partial charge in [-0.15, -0.1) is 0 Å². The zero-order valence-corrected chi connectivity index (χ0v) is 13.6. The Labute approximate surface area is 136 Å². The van der Waals surface area contributed by atoms with Gasteiger partial charge in [-0.25, -0.2) is 4.99 Å². The molecule has 1 aliphatic heterocycles. The Morgan fingerprint density at radius 3 is 2.87 bits per heavy atom. The van der Waals surface area contributed by atoms with E-state index in [1.165, 1.54) is 31.7 Å². The lowest BCUT2D eigenvalue weighted by atomic mass is 9.68. The van der Waals surface area contributed by atoms with Crippen LogP contribution >= 0.6 is 0 Å². The summed E-state index contributed by atoms with van der Waals surface area (Å²) in [5.41, 5.74) is 1.52. The number of nitrogens with zero attached hydrogens (tertiary/aromatic N) is 3. The summed E-state index contributed by atoms with van der Waals surface area (Å²) >= 11 is 0. The summed E-state index contributed by atoms with van der Waals surface area (Å²) in [4.78, 5) is 17.5. The van der Waals surface area contributed by atoms with E-state index in [0.29, 0.717) is 12.0 Å². The molecular formula is C17H24N4O2. The second kappa shape index (κ2) is 6.56. The van der Waals surface area contributed by atoms with Gasteiger partial charge in [0.1, 0.15) is 0 Å². The van der Waals surface area contributed by atoms with Gasteiger partial charge in [0.2, 0.25) is 0 Å². The van der Waals surface area contributed by atoms with E-state index in [2.05, 4.69) is 17.1 Å². The average Bonchev–Trinajstić information content (AvgIpc) is 2.97. The van der Waals surface area contributed by atoms with E-state index < -0.39 is 0 Å². The largest absolute Gasteiger partial charge is 0.357 e. The number of non-ortho nitro benzene ring substituents is 1. The highest BCUT2D eigenvalue weighted by atomic mass is 16.6. The first-order chi connectivity index (χ1) is 11.1. The van der Waals surface area contributed by atoms with E-state index in [1.807, 2.05) is 6.07 Å². The van der Waals surface area contributed by atoms with Crippen molar-refractivity contribution >= 4 is 11.6 Å². The quantitative estimate of drug-likeness (QED) is 0.401. The summed E-state index contributed by atoms with van der Waals surface area (Å²) in [6.45, 7) is 5.51. The van der Waals surface area contributed by atoms with Crippen LogP contribution in [-0.2, 0) is 6.54 Å². The number of rotatable bonds is 4. The lowest BCUT2D eigenvalue weighted by Crippen LogP contribution is -2.42. The average molecular weight is 316 g/mol. The predicted molar refractivity (Wildman–Crippen MR) is 90.4 cm³/mol. The van der Waals surface area contributed by atoms with Crippen LogP contribution in [0, 0.1) is 15.5 Å². The van der Waals surface area contributed by atoms with Crippen LogP contribution in [0.3, 0.4) is 0 Å². The smallest absolute Gasteiger partial charge is 0.269 e. The van der Waals surface area contributed by atoms with Crippen LogP contribution in [-0.4, -0.2) is 35.4 Å². The molecule has 1 N–H and O–H groups in total. The van der Waals surface area contributed by atoms with E-state index in [9.17, 15) is 10.1 Å². The normalized spacial score (nSPS) is 19.7. The summed E-state index contributed by atoms with van der Waals surface area (Å²) in [7, 11) is 0. The third kappa shape index (κ3) is 3.46. The third-order valence-corrected chi connectivity index (χ3v) is 5.02. The van der Waals surface area contributed by atoms with Crippen LogP contribution in [0.4, 0.5) is 5.69 Å². The first-order valence-electron chi connectivity index (χ1n) is 8.38. The van der Waals surface area contributed by atoms with Gasteiger partial charge in [-0.3, -0.25) is 10.1 Å². The molecule has 1 spiro atoms. The molecule has 1 saturated heterocycles. The van der Waals surface area contributed by atoms with Crippen LogP contribution in [0.25, 0.3) is 0 Å². The lowest BCUT2D eigenvalue weighted by molar-refractivity contribution is -0.384.